The summed E-state index contributed by atoms with van der Waals surface area (Å²) >= 11 is 0. The maximum Gasteiger partial charge on any atom is 0.410 e. The van der Waals surface area contributed by atoms with Gasteiger partial charge in [-0.2, -0.15) is 0 Å². The zero-order chi connectivity index (χ0) is 12.0. The Labute approximate surface area is 98.1 Å². The molecule has 0 heterocycles. The van der Waals surface area contributed by atoms with Crippen molar-refractivity contribution in [1.82, 2.24) is 4.90 Å². The Bertz CT molecular complexity index is 213. The zero-order valence-corrected chi connectivity index (χ0v) is 10.4. The molecule has 0 aromatic heterocycles. The smallest absolute Gasteiger partial charge is 0.410 e. The van der Waals surface area contributed by atoms with E-state index in [1.807, 2.05) is 18.7 Å². The predicted octanol–water partition coefficient (Wildman–Crippen LogP) is 2.12. The van der Waals surface area contributed by atoms with E-state index in [1.165, 1.54) is 19.3 Å². The number of rotatable bonds is 4. The van der Waals surface area contributed by atoms with Gasteiger partial charge in [-0.25, -0.2) is 4.79 Å². The first-order valence-corrected chi connectivity index (χ1v) is 6.32. The Morgan fingerprint density at radius 1 is 1.38 bits per heavy atom. The van der Waals surface area contributed by atoms with E-state index in [4.69, 9.17) is 10.5 Å². The number of ether oxygens (including phenoxy) is 1. The quantitative estimate of drug-likeness (QED) is 0.802. The van der Waals surface area contributed by atoms with Crippen LogP contribution >= 0.6 is 0 Å². The van der Waals surface area contributed by atoms with Gasteiger partial charge < -0.3 is 15.4 Å². The number of amides is 1. The standard InChI is InChI=1S/C12H24N2O2/c1-10(2)16-12(15)14(9-8-13)11-6-4-3-5-7-11/h10-11H,3-9,13H2,1-2H3. The number of carbonyl (C=O) groups is 1. The minimum Gasteiger partial charge on any atom is -0.447 e. The Morgan fingerprint density at radius 2 is 2.00 bits per heavy atom. The van der Waals surface area contributed by atoms with Gasteiger partial charge in [-0.05, 0) is 26.7 Å². The van der Waals surface area contributed by atoms with Crippen LogP contribution in [-0.2, 0) is 4.74 Å². The summed E-state index contributed by atoms with van der Waals surface area (Å²) < 4.78 is 5.25. The van der Waals surface area contributed by atoms with Crippen molar-refractivity contribution in [3.05, 3.63) is 0 Å². The van der Waals surface area contributed by atoms with Gasteiger partial charge in [0.25, 0.3) is 0 Å². The Hall–Kier alpha value is -0.770. The van der Waals surface area contributed by atoms with Crippen LogP contribution in [-0.4, -0.2) is 36.2 Å². The molecule has 1 aliphatic carbocycles. The van der Waals surface area contributed by atoms with Crippen LogP contribution in [0.4, 0.5) is 4.79 Å². The lowest BCUT2D eigenvalue weighted by Gasteiger charge is -2.33. The lowest BCUT2D eigenvalue weighted by Crippen LogP contribution is -2.45. The molecule has 4 nitrogen and oxygen atoms in total. The highest BCUT2D eigenvalue weighted by molar-refractivity contribution is 5.68. The second-order valence-corrected chi connectivity index (χ2v) is 4.71. The van der Waals surface area contributed by atoms with Crippen molar-refractivity contribution < 1.29 is 9.53 Å². The largest absolute Gasteiger partial charge is 0.447 e. The fourth-order valence-electron chi connectivity index (χ4n) is 2.22. The second-order valence-electron chi connectivity index (χ2n) is 4.71. The first-order valence-electron chi connectivity index (χ1n) is 6.32. The third-order valence-corrected chi connectivity index (χ3v) is 2.96. The lowest BCUT2D eigenvalue weighted by atomic mass is 9.94. The van der Waals surface area contributed by atoms with Crippen molar-refractivity contribution in [3.63, 3.8) is 0 Å². The highest BCUT2D eigenvalue weighted by atomic mass is 16.6. The fourth-order valence-corrected chi connectivity index (χ4v) is 2.22. The van der Waals surface area contributed by atoms with Crippen molar-refractivity contribution in [2.24, 2.45) is 5.73 Å². The van der Waals surface area contributed by atoms with Gasteiger partial charge in [-0.3, -0.25) is 0 Å². The summed E-state index contributed by atoms with van der Waals surface area (Å²) in [5.41, 5.74) is 5.56. The molecule has 94 valence electrons. The molecule has 0 aliphatic heterocycles. The van der Waals surface area contributed by atoms with E-state index in [1.54, 1.807) is 0 Å². The van der Waals surface area contributed by atoms with E-state index in [0.29, 0.717) is 19.1 Å². The summed E-state index contributed by atoms with van der Waals surface area (Å²) in [6.07, 6.45) is 5.62. The third kappa shape index (κ3) is 4.00. The minimum absolute atomic E-state index is 0.0589. The van der Waals surface area contributed by atoms with E-state index in [9.17, 15) is 4.79 Å². The number of carbonyl (C=O) groups excluding carboxylic acids is 1. The molecule has 0 spiro atoms. The van der Waals surface area contributed by atoms with Gasteiger partial charge in [0, 0.05) is 19.1 Å². The van der Waals surface area contributed by atoms with Gasteiger partial charge in [-0.1, -0.05) is 19.3 Å². The monoisotopic (exact) mass is 228 g/mol. The van der Waals surface area contributed by atoms with Crippen LogP contribution in [0.5, 0.6) is 0 Å². The van der Waals surface area contributed by atoms with Crippen molar-refractivity contribution in [3.8, 4) is 0 Å². The summed E-state index contributed by atoms with van der Waals surface area (Å²) in [4.78, 5) is 13.7. The van der Waals surface area contributed by atoms with E-state index >= 15 is 0 Å². The van der Waals surface area contributed by atoms with Crippen LogP contribution in [0.25, 0.3) is 0 Å². The molecule has 1 amide bonds. The molecule has 1 saturated carbocycles. The molecule has 0 bridgehead atoms. The Balaban J connectivity index is 2.53. The number of hydrogen-bond acceptors (Lipinski definition) is 3. The molecule has 1 rings (SSSR count). The van der Waals surface area contributed by atoms with Gasteiger partial charge in [0.2, 0.25) is 0 Å². The first kappa shape index (κ1) is 13.3. The lowest BCUT2D eigenvalue weighted by molar-refractivity contribution is 0.0574. The SMILES string of the molecule is CC(C)OC(=O)N(CCN)C1CCCCC1. The normalized spacial score (nSPS) is 17.5. The molecular weight excluding hydrogens is 204 g/mol. The van der Waals surface area contributed by atoms with Crippen LogP contribution in [0.1, 0.15) is 46.0 Å². The van der Waals surface area contributed by atoms with Crippen molar-refractivity contribution in [2.45, 2.75) is 58.1 Å². The maximum atomic E-state index is 11.9. The first-order chi connectivity index (χ1) is 7.65. The summed E-state index contributed by atoms with van der Waals surface area (Å²) in [6, 6.07) is 0.337. The zero-order valence-electron chi connectivity index (χ0n) is 10.4. The number of hydrogen-bond donors (Lipinski definition) is 1. The second kappa shape index (κ2) is 6.74. The van der Waals surface area contributed by atoms with Crippen LogP contribution in [0, 0.1) is 0 Å². The Kier molecular flexibility index (Phi) is 5.60. The van der Waals surface area contributed by atoms with Gasteiger partial charge in [0.05, 0.1) is 6.10 Å². The molecule has 0 aromatic rings. The van der Waals surface area contributed by atoms with Crippen LogP contribution in [0.2, 0.25) is 0 Å². The van der Waals surface area contributed by atoms with Crippen LogP contribution in [0.3, 0.4) is 0 Å². The van der Waals surface area contributed by atoms with Gasteiger partial charge in [0.1, 0.15) is 0 Å². The molecule has 1 aliphatic rings. The molecule has 0 radical (unpaired) electrons. The molecule has 1 fully saturated rings. The van der Waals surface area contributed by atoms with Crippen molar-refractivity contribution in [2.75, 3.05) is 13.1 Å². The van der Waals surface area contributed by atoms with Gasteiger partial charge >= 0.3 is 6.09 Å². The highest BCUT2D eigenvalue weighted by Gasteiger charge is 2.26. The molecule has 0 unspecified atom stereocenters. The van der Waals surface area contributed by atoms with Crippen molar-refractivity contribution >= 4 is 6.09 Å². The summed E-state index contributed by atoms with van der Waals surface area (Å²) in [7, 11) is 0. The van der Waals surface area contributed by atoms with E-state index in [-0.39, 0.29) is 12.2 Å². The number of nitrogens with two attached hydrogens (primary N) is 1. The predicted molar refractivity (Wildman–Crippen MR) is 64.3 cm³/mol. The highest BCUT2D eigenvalue weighted by Crippen LogP contribution is 2.23. The molecule has 0 saturated heterocycles. The maximum absolute atomic E-state index is 11.9. The summed E-state index contributed by atoms with van der Waals surface area (Å²) in [6.45, 7) is 4.86. The summed E-state index contributed by atoms with van der Waals surface area (Å²) in [5, 5.41) is 0. The van der Waals surface area contributed by atoms with E-state index in [0.717, 1.165) is 12.8 Å². The molecule has 4 heteroatoms. The molecule has 0 aromatic carbocycles. The molecule has 0 atom stereocenters. The average Bonchev–Trinajstić information content (AvgIpc) is 2.26. The van der Waals surface area contributed by atoms with E-state index in [2.05, 4.69) is 0 Å². The molecule has 16 heavy (non-hydrogen) atoms. The van der Waals surface area contributed by atoms with Gasteiger partial charge in [0.15, 0.2) is 0 Å². The van der Waals surface area contributed by atoms with Gasteiger partial charge in [-0.15, -0.1) is 0 Å². The topological polar surface area (TPSA) is 55.6 Å². The fraction of sp³-hybridized carbons (Fsp3) is 0.917. The minimum atomic E-state index is -0.202. The Morgan fingerprint density at radius 3 is 2.50 bits per heavy atom. The van der Waals surface area contributed by atoms with Crippen molar-refractivity contribution in [1.29, 1.82) is 0 Å². The third-order valence-electron chi connectivity index (χ3n) is 2.96. The average molecular weight is 228 g/mol. The van der Waals surface area contributed by atoms with Crippen LogP contribution in [0.15, 0.2) is 0 Å². The summed E-state index contributed by atoms with van der Waals surface area (Å²) in [5.74, 6) is 0. The molecule has 2 N–H and O–H groups in total. The van der Waals surface area contributed by atoms with Crippen LogP contribution < -0.4 is 5.73 Å². The number of nitrogens with zero attached hydrogens (tertiary/aromatic N) is 1. The van der Waals surface area contributed by atoms with E-state index < -0.39 is 0 Å². The molecular formula is C12H24N2O2.